The van der Waals surface area contributed by atoms with E-state index in [1.54, 1.807) is 12.3 Å². The molecule has 0 radical (unpaired) electrons. The number of carbonyl (C=O) groups excluding carboxylic acids is 1. The summed E-state index contributed by atoms with van der Waals surface area (Å²) in [5.41, 5.74) is 0.788. The monoisotopic (exact) mass is 246 g/mol. The molecule has 1 unspecified atom stereocenters. The highest BCUT2D eigenvalue weighted by Crippen LogP contribution is 1.99. The van der Waals surface area contributed by atoms with Crippen LogP contribution >= 0.6 is 0 Å². The summed E-state index contributed by atoms with van der Waals surface area (Å²) in [6, 6.07) is 4.41. The SMILES string of the molecule is C#CCC(NC(=O)CCc1ccccn1)C(=O)O. The lowest BCUT2D eigenvalue weighted by Crippen LogP contribution is -2.40. The van der Waals surface area contributed by atoms with Crippen molar-refractivity contribution in [1.82, 2.24) is 10.3 Å². The topological polar surface area (TPSA) is 79.3 Å². The molecule has 1 amide bonds. The molecule has 0 aliphatic heterocycles. The fourth-order valence-corrected chi connectivity index (χ4v) is 1.37. The zero-order valence-electron chi connectivity index (χ0n) is 9.80. The predicted octanol–water partition coefficient (Wildman–Crippen LogP) is 0.607. The second-order valence-corrected chi connectivity index (χ2v) is 3.69. The quantitative estimate of drug-likeness (QED) is 0.721. The number of nitrogens with zero attached hydrogens (tertiary/aromatic N) is 1. The fraction of sp³-hybridized carbons (Fsp3) is 0.308. The van der Waals surface area contributed by atoms with Gasteiger partial charge >= 0.3 is 5.97 Å². The Kier molecular flexibility index (Phi) is 5.39. The van der Waals surface area contributed by atoms with Crippen molar-refractivity contribution >= 4 is 11.9 Å². The van der Waals surface area contributed by atoms with Gasteiger partial charge in [-0.2, -0.15) is 0 Å². The highest BCUT2D eigenvalue weighted by atomic mass is 16.4. The molecule has 0 spiro atoms. The van der Waals surface area contributed by atoms with E-state index in [0.717, 1.165) is 5.69 Å². The van der Waals surface area contributed by atoms with Crippen LogP contribution in [0.5, 0.6) is 0 Å². The second-order valence-electron chi connectivity index (χ2n) is 3.69. The third-order valence-corrected chi connectivity index (χ3v) is 2.29. The van der Waals surface area contributed by atoms with Crippen LogP contribution in [-0.4, -0.2) is 28.0 Å². The Morgan fingerprint density at radius 1 is 1.50 bits per heavy atom. The number of carboxylic acids is 1. The summed E-state index contributed by atoms with van der Waals surface area (Å²) in [6.07, 6.45) is 7.31. The van der Waals surface area contributed by atoms with Gasteiger partial charge in [0.15, 0.2) is 0 Å². The zero-order valence-corrected chi connectivity index (χ0v) is 9.80. The first kappa shape index (κ1) is 13.7. The van der Waals surface area contributed by atoms with E-state index in [9.17, 15) is 9.59 Å². The summed E-state index contributed by atoms with van der Waals surface area (Å²) in [7, 11) is 0. The van der Waals surface area contributed by atoms with E-state index < -0.39 is 12.0 Å². The molecule has 2 N–H and O–H groups in total. The molecule has 1 aromatic heterocycles. The Morgan fingerprint density at radius 2 is 2.28 bits per heavy atom. The standard InChI is InChI=1S/C13H14N2O3/c1-2-5-11(13(17)18)15-12(16)8-7-10-6-3-4-9-14-10/h1,3-4,6,9,11H,5,7-8H2,(H,15,16)(H,17,18). The Hall–Kier alpha value is -2.35. The first-order chi connectivity index (χ1) is 8.63. The molecular formula is C13H14N2O3. The molecule has 0 bridgehead atoms. The number of carbonyl (C=O) groups is 2. The van der Waals surface area contributed by atoms with Gasteiger partial charge in [0.25, 0.3) is 0 Å². The normalized spacial score (nSPS) is 11.3. The summed E-state index contributed by atoms with van der Waals surface area (Å²) >= 11 is 0. The minimum Gasteiger partial charge on any atom is -0.480 e. The number of pyridine rings is 1. The number of nitrogens with one attached hydrogen (secondary N) is 1. The maximum absolute atomic E-state index is 11.5. The molecule has 94 valence electrons. The smallest absolute Gasteiger partial charge is 0.327 e. The van der Waals surface area contributed by atoms with Crippen LogP contribution in [0, 0.1) is 12.3 Å². The van der Waals surface area contributed by atoms with Crippen LogP contribution in [0.25, 0.3) is 0 Å². The highest BCUT2D eigenvalue weighted by molar-refractivity contribution is 5.83. The van der Waals surface area contributed by atoms with Crippen molar-refractivity contribution in [3.05, 3.63) is 30.1 Å². The molecule has 1 aromatic rings. The predicted molar refractivity (Wildman–Crippen MR) is 65.6 cm³/mol. The maximum Gasteiger partial charge on any atom is 0.327 e. The molecule has 1 heterocycles. The number of aryl methyl sites for hydroxylation is 1. The Bertz CT molecular complexity index is 451. The van der Waals surface area contributed by atoms with E-state index in [4.69, 9.17) is 11.5 Å². The van der Waals surface area contributed by atoms with Crippen molar-refractivity contribution in [2.75, 3.05) is 0 Å². The molecule has 1 atom stereocenters. The molecule has 0 saturated heterocycles. The number of terminal acetylenes is 1. The van der Waals surface area contributed by atoms with Crippen molar-refractivity contribution < 1.29 is 14.7 Å². The number of aromatic nitrogens is 1. The number of hydrogen-bond acceptors (Lipinski definition) is 3. The zero-order chi connectivity index (χ0) is 13.4. The maximum atomic E-state index is 11.5. The van der Waals surface area contributed by atoms with Crippen molar-refractivity contribution in [2.24, 2.45) is 0 Å². The van der Waals surface area contributed by atoms with Gasteiger partial charge in [-0.15, -0.1) is 12.3 Å². The molecule has 0 fully saturated rings. The summed E-state index contributed by atoms with van der Waals surface area (Å²) in [5, 5.41) is 11.2. The Balaban J connectivity index is 2.42. The van der Waals surface area contributed by atoms with Crippen molar-refractivity contribution in [3.63, 3.8) is 0 Å². The number of carboxylic acid groups (broad SMARTS) is 1. The summed E-state index contributed by atoms with van der Waals surface area (Å²) in [4.78, 5) is 26.4. The number of amides is 1. The molecule has 0 aliphatic rings. The molecule has 5 heteroatoms. The lowest BCUT2D eigenvalue weighted by Gasteiger charge is -2.11. The summed E-state index contributed by atoms with van der Waals surface area (Å²) in [6.45, 7) is 0. The van der Waals surface area contributed by atoms with Crippen molar-refractivity contribution in [1.29, 1.82) is 0 Å². The van der Waals surface area contributed by atoms with E-state index in [1.807, 2.05) is 12.1 Å². The van der Waals surface area contributed by atoms with Gasteiger partial charge in [0.1, 0.15) is 6.04 Å². The average Bonchev–Trinajstić information content (AvgIpc) is 2.37. The van der Waals surface area contributed by atoms with Gasteiger partial charge in [-0.1, -0.05) is 6.07 Å². The third kappa shape index (κ3) is 4.66. The average molecular weight is 246 g/mol. The number of hydrogen-bond donors (Lipinski definition) is 2. The first-order valence-electron chi connectivity index (χ1n) is 5.49. The highest BCUT2D eigenvalue weighted by Gasteiger charge is 2.18. The van der Waals surface area contributed by atoms with Gasteiger partial charge in [0.05, 0.1) is 0 Å². The van der Waals surface area contributed by atoms with E-state index in [0.29, 0.717) is 6.42 Å². The minimum atomic E-state index is -1.13. The summed E-state index contributed by atoms with van der Waals surface area (Å²) in [5.74, 6) is 0.750. The van der Waals surface area contributed by atoms with E-state index >= 15 is 0 Å². The molecule has 0 aromatic carbocycles. The fourth-order valence-electron chi connectivity index (χ4n) is 1.37. The van der Waals surface area contributed by atoms with Crippen LogP contribution in [0.15, 0.2) is 24.4 Å². The van der Waals surface area contributed by atoms with Crippen LogP contribution in [-0.2, 0) is 16.0 Å². The Labute approximate surface area is 105 Å². The van der Waals surface area contributed by atoms with Crippen molar-refractivity contribution in [3.8, 4) is 12.3 Å². The van der Waals surface area contributed by atoms with Crippen LogP contribution in [0.4, 0.5) is 0 Å². The molecule has 1 rings (SSSR count). The molecule has 5 nitrogen and oxygen atoms in total. The van der Waals surface area contributed by atoms with E-state index in [2.05, 4.69) is 16.2 Å². The van der Waals surface area contributed by atoms with Crippen LogP contribution < -0.4 is 5.32 Å². The van der Waals surface area contributed by atoms with Crippen LogP contribution in [0.2, 0.25) is 0 Å². The van der Waals surface area contributed by atoms with Crippen molar-refractivity contribution in [2.45, 2.75) is 25.3 Å². The van der Waals surface area contributed by atoms with Gasteiger partial charge in [0.2, 0.25) is 5.91 Å². The second kappa shape index (κ2) is 7.07. The van der Waals surface area contributed by atoms with Gasteiger partial charge < -0.3 is 10.4 Å². The number of aliphatic carboxylic acids is 1. The Morgan fingerprint density at radius 3 is 2.83 bits per heavy atom. The molecule has 0 saturated carbocycles. The molecule has 18 heavy (non-hydrogen) atoms. The van der Waals surface area contributed by atoms with Gasteiger partial charge in [0, 0.05) is 24.7 Å². The lowest BCUT2D eigenvalue weighted by molar-refractivity contribution is -0.141. The number of rotatable bonds is 6. The summed E-state index contributed by atoms with van der Waals surface area (Å²) < 4.78 is 0. The molecule has 0 aliphatic carbocycles. The van der Waals surface area contributed by atoms with Crippen LogP contribution in [0.3, 0.4) is 0 Å². The van der Waals surface area contributed by atoms with Gasteiger partial charge in [-0.25, -0.2) is 4.79 Å². The third-order valence-electron chi connectivity index (χ3n) is 2.29. The lowest BCUT2D eigenvalue weighted by atomic mass is 10.1. The molecular weight excluding hydrogens is 232 g/mol. The van der Waals surface area contributed by atoms with Gasteiger partial charge in [-0.3, -0.25) is 9.78 Å². The minimum absolute atomic E-state index is 0.0232. The largest absolute Gasteiger partial charge is 0.480 e. The van der Waals surface area contributed by atoms with Gasteiger partial charge in [-0.05, 0) is 18.6 Å². The van der Waals surface area contributed by atoms with E-state index in [1.165, 1.54) is 0 Å². The van der Waals surface area contributed by atoms with E-state index in [-0.39, 0.29) is 18.7 Å². The first-order valence-corrected chi connectivity index (χ1v) is 5.49. The van der Waals surface area contributed by atoms with Crippen LogP contribution in [0.1, 0.15) is 18.5 Å².